The molecular weight excluding hydrogens is 468 g/mol. The fourth-order valence-electron chi connectivity index (χ4n) is 5.03. The zero-order valence-electron chi connectivity index (χ0n) is 21.5. The van der Waals surface area contributed by atoms with E-state index in [1.807, 2.05) is 73.9 Å². The van der Waals surface area contributed by atoms with Gasteiger partial charge in [0.1, 0.15) is 5.76 Å². The molecule has 1 saturated heterocycles. The predicted molar refractivity (Wildman–Crippen MR) is 138 cm³/mol. The highest BCUT2D eigenvalue weighted by Crippen LogP contribution is 2.37. The van der Waals surface area contributed by atoms with Crippen LogP contribution in [-0.4, -0.2) is 38.9 Å². The van der Waals surface area contributed by atoms with Crippen LogP contribution < -0.4 is 5.32 Å². The Kier molecular flexibility index (Phi) is 5.82. The first-order valence-corrected chi connectivity index (χ1v) is 12.1. The van der Waals surface area contributed by atoms with Gasteiger partial charge in [-0.3, -0.25) is 19.1 Å². The number of Topliss-reactive ketones (excluding diaryl/α,β-unsaturated/α-hetero) is 1. The van der Waals surface area contributed by atoms with Crippen LogP contribution >= 0.6 is 0 Å². The maximum absolute atomic E-state index is 14.0. The minimum Gasteiger partial charge on any atom is -0.360 e. The molecule has 2 aromatic heterocycles. The van der Waals surface area contributed by atoms with E-state index in [2.05, 4.69) is 10.5 Å². The van der Waals surface area contributed by atoms with Crippen molar-refractivity contribution in [2.24, 2.45) is 0 Å². The van der Waals surface area contributed by atoms with Crippen molar-refractivity contribution in [1.29, 1.82) is 0 Å². The van der Waals surface area contributed by atoms with Gasteiger partial charge in [-0.25, -0.2) is 4.79 Å². The number of benzene rings is 2. The van der Waals surface area contributed by atoms with Crippen molar-refractivity contribution >= 4 is 17.7 Å². The Morgan fingerprint density at radius 3 is 2.30 bits per heavy atom. The lowest BCUT2D eigenvalue weighted by Crippen LogP contribution is -2.45. The molecule has 0 unspecified atom stereocenters. The van der Waals surface area contributed by atoms with Crippen molar-refractivity contribution in [3.05, 3.63) is 106 Å². The van der Waals surface area contributed by atoms with Crippen molar-refractivity contribution in [2.45, 2.75) is 40.2 Å². The zero-order chi connectivity index (χ0) is 26.5. The van der Waals surface area contributed by atoms with Gasteiger partial charge in [0, 0.05) is 23.0 Å². The first kappa shape index (κ1) is 24.2. The van der Waals surface area contributed by atoms with Gasteiger partial charge in [-0.1, -0.05) is 53.7 Å². The van der Waals surface area contributed by atoms with E-state index in [4.69, 9.17) is 4.52 Å². The molecule has 1 aliphatic rings. The molecular formula is C29H28N4O4. The molecule has 2 aromatic carbocycles. The Balaban J connectivity index is 1.52. The van der Waals surface area contributed by atoms with Gasteiger partial charge in [0.2, 0.25) is 0 Å². The number of urea groups is 1. The van der Waals surface area contributed by atoms with Crippen LogP contribution in [-0.2, 0) is 10.3 Å². The largest absolute Gasteiger partial charge is 0.360 e. The Morgan fingerprint density at radius 1 is 0.919 bits per heavy atom. The number of rotatable bonds is 6. The molecule has 0 bridgehead atoms. The van der Waals surface area contributed by atoms with Gasteiger partial charge < -0.3 is 9.84 Å². The van der Waals surface area contributed by atoms with Crippen molar-refractivity contribution in [3.63, 3.8) is 0 Å². The van der Waals surface area contributed by atoms with Crippen molar-refractivity contribution in [1.82, 2.24) is 19.9 Å². The summed E-state index contributed by atoms with van der Waals surface area (Å²) in [6.07, 6.45) is 0. The number of hydrogen-bond acceptors (Lipinski definition) is 5. The van der Waals surface area contributed by atoms with Gasteiger partial charge in [0.05, 0.1) is 6.54 Å². The number of ketones is 1. The average molecular weight is 497 g/mol. The van der Waals surface area contributed by atoms with Crippen LogP contribution in [0.15, 0.2) is 65.2 Å². The fraction of sp³-hybridized carbons (Fsp3) is 0.241. The lowest BCUT2D eigenvalue weighted by Gasteiger charge is -2.28. The van der Waals surface area contributed by atoms with Crippen LogP contribution in [0.4, 0.5) is 4.79 Å². The zero-order valence-corrected chi connectivity index (χ0v) is 21.5. The van der Waals surface area contributed by atoms with E-state index >= 15 is 0 Å². The summed E-state index contributed by atoms with van der Waals surface area (Å²) >= 11 is 0. The molecule has 1 aliphatic heterocycles. The van der Waals surface area contributed by atoms with Gasteiger partial charge in [-0.2, -0.15) is 0 Å². The first-order valence-electron chi connectivity index (χ1n) is 12.1. The fourth-order valence-corrected chi connectivity index (χ4v) is 5.03. The molecule has 1 fully saturated rings. The lowest BCUT2D eigenvalue weighted by molar-refractivity contribution is -0.129. The number of nitrogens with zero attached hydrogens (tertiary/aromatic N) is 3. The Labute approximate surface area is 214 Å². The van der Waals surface area contributed by atoms with Crippen LogP contribution in [0.3, 0.4) is 0 Å². The van der Waals surface area contributed by atoms with Crippen molar-refractivity contribution < 1.29 is 18.9 Å². The van der Waals surface area contributed by atoms with E-state index in [1.165, 1.54) is 0 Å². The Morgan fingerprint density at radius 2 is 1.65 bits per heavy atom. The normalized spacial score (nSPS) is 17.4. The van der Waals surface area contributed by atoms with Gasteiger partial charge in [-0.15, -0.1) is 0 Å². The second-order valence-corrected chi connectivity index (χ2v) is 9.58. The number of nitrogens with one attached hydrogen (secondary N) is 1. The number of carbonyl (C=O) groups is 3. The molecule has 0 aliphatic carbocycles. The molecule has 3 amide bonds. The molecule has 0 spiro atoms. The van der Waals surface area contributed by atoms with E-state index in [0.717, 1.165) is 21.7 Å². The number of hydrogen-bond donors (Lipinski definition) is 1. The molecule has 8 heteroatoms. The van der Waals surface area contributed by atoms with Gasteiger partial charge in [-0.05, 0) is 62.9 Å². The highest BCUT2D eigenvalue weighted by Gasteiger charge is 2.54. The number of carbonyl (C=O) groups excluding carboxylic acids is 3. The molecule has 0 radical (unpaired) electrons. The van der Waals surface area contributed by atoms with E-state index in [0.29, 0.717) is 34.0 Å². The van der Waals surface area contributed by atoms with E-state index in [1.54, 1.807) is 26.0 Å². The molecule has 8 nitrogen and oxygen atoms in total. The predicted octanol–water partition coefficient (Wildman–Crippen LogP) is 4.69. The minimum absolute atomic E-state index is 0.341. The standard InChI is InChI=1S/C29H28N4O4/c1-17-11-12-23(13-18(17)2)29(22-9-7-6-8-10-22)27(35)32(28(36)30-29)16-25(34)24-14-19(3)33(21(24)5)26-15-20(4)37-31-26/h6-15H,16H2,1-5H3,(H,30,36)/t29-/m0/s1. The minimum atomic E-state index is -1.42. The van der Waals surface area contributed by atoms with E-state index in [-0.39, 0.29) is 12.3 Å². The molecule has 4 aromatic rings. The van der Waals surface area contributed by atoms with Crippen LogP contribution in [0.2, 0.25) is 0 Å². The van der Waals surface area contributed by atoms with Gasteiger partial charge in [0.15, 0.2) is 17.1 Å². The van der Waals surface area contributed by atoms with Crippen LogP contribution in [0.5, 0.6) is 0 Å². The van der Waals surface area contributed by atoms with Crippen LogP contribution in [0, 0.1) is 34.6 Å². The van der Waals surface area contributed by atoms with E-state index < -0.39 is 17.5 Å². The van der Waals surface area contributed by atoms with Crippen LogP contribution in [0.1, 0.15) is 49.8 Å². The number of amides is 3. The third-order valence-corrected chi connectivity index (χ3v) is 7.13. The lowest BCUT2D eigenvalue weighted by atomic mass is 9.81. The average Bonchev–Trinajstić information content (AvgIpc) is 3.51. The summed E-state index contributed by atoms with van der Waals surface area (Å²) < 4.78 is 7.01. The number of aromatic nitrogens is 2. The summed E-state index contributed by atoms with van der Waals surface area (Å²) in [5.41, 5.74) is 3.80. The van der Waals surface area contributed by atoms with E-state index in [9.17, 15) is 14.4 Å². The third kappa shape index (κ3) is 3.85. The Hall–Kier alpha value is -4.46. The molecule has 3 heterocycles. The maximum Gasteiger partial charge on any atom is 0.325 e. The molecule has 5 rings (SSSR count). The molecule has 0 saturated carbocycles. The van der Waals surface area contributed by atoms with Crippen molar-refractivity contribution in [3.8, 4) is 5.82 Å². The molecule has 1 atom stereocenters. The summed E-state index contributed by atoms with van der Waals surface area (Å²) in [5, 5.41) is 6.98. The Bertz CT molecular complexity index is 1550. The summed E-state index contributed by atoms with van der Waals surface area (Å²) in [6.45, 7) is 9.04. The van der Waals surface area contributed by atoms with Gasteiger partial charge in [0.25, 0.3) is 5.91 Å². The summed E-state index contributed by atoms with van der Waals surface area (Å²) in [4.78, 5) is 41.8. The quantitative estimate of drug-likeness (QED) is 0.309. The maximum atomic E-state index is 14.0. The number of aryl methyl sites for hydroxylation is 4. The summed E-state index contributed by atoms with van der Waals surface area (Å²) in [7, 11) is 0. The SMILES string of the molecule is Cc1cc(-n2c(C)cc(C(=O)CN3C(=O)N[C@@](c4ccccc4)(c4ccc(C)c(C)c4)C3=O)c2C)no1. The summed E-state index contributed by atoms with van der Waals surface area (Å²) in [5.74, 6) is 0.394. The monoisotopic (exact) mass is 496 g/mol. The topological polar surface area (TPSA) is 97.4 Å². The molecule has 1 N–H and O–H groups in total. The molecule has 188 valence electrons. The first-order chi connectivity index (χ1) is 17.6. The van der Waals surface area contributed by atoms with Gasteiger partial charge >= 0.3 is 6.03 Å². The molecule has 37 heavy (non-hydrogen) atoms. The van der Waals surface area contributed by atoms with Crippen molar-refractivity contribution in [2.75, 3.05) is 6.54 Å². The second-order valence-electron chi connectivity index (χ2n) is 9.58. The number of imide groups is 1. The third-order valence-electron chi connectivity index (χ3n) is 7.13. The smallest absolute Gasteiger partial charge is 0.325 e. The second kappa shape index (κ2) is 8.89. The highest BCUT2D eigenvalue weighted by molar-refractivity contribution is 6.13. The highest BCUT2D eigenvalue weighted by atomic mass is 16.5. The summed E-state index contributed by atoms with van der Waals surface area (Å²) in [6, 6.07) is 17.7. The van der Waals surface area contributed by atoms with Crippen LogP contribution in [0.25, 0.3) is 5.82 Å².